The number of rotatable bonds is 4. The summed E-state index contributed by atoms with van der Waals surface area (Å²) < 4.78 is 17.2. The molecule has 0 bridgehead atoms. The summed E-state index contributed by atoms with van der Waals surface area (Å²) in [6, 6.07) is 6.22. The number of hydrogen-bond acceptors (Lipinski definition) is 4. The third-order valence-electron chi connectivity index (χ3n) is 4.13. The second-order valence-electron chi connectivity index (χ2n) is 5.53. The van der Waals surface area contributed by atoms with Crippen molar-refractivity contribution in [1.29, 1.82) is 0 Å². The third-order valence-corrected chi connectivity index (χ3v) is 4.13. The van der Waals surface area contributed by atoms with Crippen molar-refractivity contribution in [2.45, 2.75) is 31.3 Å². The fourth-order valence-electron chi connectivity index (χ4n) is 3.07. The minimum absolute atomic E-state index is 0.148. The van der Waals surface area contributed by atoms with E-state index in [-0.39, 0.29) is 6.10 Å². The van der Waals surface area contributed by atoms with Crippen molar-refractivity contribution in [3.05, 3.63) is 23.8 Å². The molecule has 3 rings (SSSR count). The monoisotopic (exact) mass is 277 g/mol. The summed E-state index contributed by atoms with van der Waals surface area (Å²) in [6.07, 6.45) is 3.43. The molecule has 2 aliphatic rings. The van der Waals surface area contributed by atoms with Crippen LogP contribution in [0, 0.1) is 0 Å². The second-order valence-corrected chi connectivity index (χ2v) is 5.53. The first-order valence-corrected chi connectivity index (χ1v) is 7.50. The minimum atomic E-state index is 0.148. The van der Waals surface area contributed by atoms with Gasteiger partial charge < -0.3 is 19.5 Å². The molecule has 20 heavy (non-hydrogen) atoms. The van der Waals surface area contributed by atoms with E-state index in [0.29, 0.717) is 12.5 Å². The summed E-state index contributed by atoms with van der Waals surface area (Å²) in [6.45, 7) is 3.63. The van der Waals surface area contributed by atoms with Crippen LogP contribution in [0.5, 0.6) is 11.5 Å². The Kier molecular flexibility index (Phi) is 4.43. The molecule has 1 N–H and O–H groups in total. The standard InChI is InChI=1S/C16H23NO3/c1-18-16-14(12-7-8-17-10-12)5-2-6-15(16)20-13-4-3-9-19-11-13/h2,5-6,12-13,17H,3-4,7-11H2,1H3. The maximum absolute atomic E-state index is 6.11. The predicted octanol–water partition coefficient (Wildman–Crippen LogP) is 2.33. The molecule has 2 aliphatic heterocycles. The van der Waals surface area contributed by atoms with Gasteiger partial charge in [0.15, 0.2) is 11.5 Å². The highest BCUT2D eigenvalue weighted by Crippen LogP contribution is 2.38. The minimum Gasteiger partial charge on any atom is -0.493 e. The molecule has 0 saturated carbocycles. The van der Waals surface area contributed by atoms with Gasteiger partial charge in [0, 0.05) is 24.6 Å². The van der Waals surface area contributed by atoms with E-state index in [1.807, 2.05) is 6.07 Å². The Labute approximate surface area is 120 Å². The number of para-hydroxylation sites is 1. The second kappa shape index (κ2) is 6.46. The molecule has 4 heteroatoms. The summed E-state index contributed by atoms with van der Waals surface area (Å²) in [5.41, 5.74) is 1.26. The summed E-state index contributed by atoms with van der Waals surface area (Å²) >= 11 is 0. The van der Waals surface area contributed by atoms with Gasteiger partial charge in [-0.2, -0.15) is 0 Å². The zero-order valence-electron chi connectivity index (χ0n) is 12.1. The average Bonchev–Trinajstić information content (AvgIpc) is 3.02. The molecule has 110 valence electrons. The Morgan fingerprint density at radius 3 is 2.95 bits per heavy atom. The van der Waals surface area contributed by atoms with Crippen LogP contribution in [0.1, 0.15) is 30.7 Å². The van der Waals surface area contributed by atoms with Gasteiger partial charge in [-0.3, -0.25) is 0 Å². The molecule has 2 fully saturated rings. The number of methoxy groups -OCH3 is 1. The molecule has 4 nitrogen and oxygen atoms in total. The first-order valence-electron chi connectivity index (χ1n) is 7.50. The molecule has 0 spiro atoms. The van der Waals surface area contributed by atoms with Crippen LogP contribution >= 0.6 is 0 Å². The van der Waals surface area contributed by atoms with Gasteiger partial charge >= 0.3 is 0 Å². The van der Waals surface area contributed by atoms with E-state index < -0.39 is 0 Å². The highest BCUT2D eigenvalue weighted by atomic mass is 16.5. The van der Waals surface area contributed by atoms with Crippen molar-refractivity contribution >= 4 is 0 Å². The molecule has 0 radical (unpaired) electrons. The normalized spacial score (nSPS) is 26.4. The number of benzene rings is 1. The van der Waals surface area contributed by atoms with E-state index >= 15 is 0 Å². The summed E-state index contributed by atoms with van der Waals surface area (Å²) in [5.74, 6) is 2.27. The third kappa shape index (κ3) is 2.91. The molecule has 0 aromatic heterocycles. The van der Waals surface area contributed by atoms with E-state index in [1.54, 1.807) is 7.11 Å². The lowest BCUT2D eigenvalue weighted by molar-refractivity contribution is 0.00638. The molecular weight excluding hydrogens is 254 g/mol. The largest absolute Gasteiger partial charge is 0.493 e. The fourth-order valence-corrected chi connectivity index (χ4v) is 3.07. The topological polar surface area (TPSA) is 39.7 Å². The summed E-state index contributed by atoms with van der Waals surface area (Å²) in [5, 5.41) is 3.41. The molecule has 2 heterocycles. The number of hydrogen-bond donors (Lipinski definition) is 1. The maximum atomic E-state index is 6.11. The van der Waals surface area contributed by atoms with Gasteiger partial charge in [-0.1, -0.05) is 12.1 Å². The quantitative estimate of drug-likeness (QED) is 0.917. The van der Waals surface area contributed by atoms with Gasteiger partial charge in [0.1, 0.15) is 6.10 Å². The van der Waals surface area contributed by atoms with Crippen LogP contribution in [0.2, 0.25) is 0 Å². The van der Waals surface area contributed by atoms with E-state index in [4.69, 9.17) is 14.2 Å². The van der Waals surface area contributed by atoms with Crippen LogP contribution in [-0.4, -0.2) is 39.5 Å². The summed E-state index contributed by atoms with van der Waals surface area (Å²) in [7, 11) is 1.73. The molecule has 0 aliphatic carbocycles. The predicted molar refractivity (Wildman–Crippen MR) is 77.7 cm³/mol. The average molecular weight is 277 g/mol. The lowest BCUT2D eigenvalue weighted by Gasteiger charge is -2.25. The highest BCUT2D eigenvalue weighted by molar-refractivity contribution is 5.48. The maximum Gasteiger partial charge on any atom is 0.164 e. The van der Waals surface area contributed by atoms with E-state index in [9.17, 15) is 0 Å². The van der Waals surface area contributed by atoms with Gasteiger partial charge in [-0.15, -0.1) is 0 Å². The van der Waals surface area contributed by atoms with E-state index in [2.05, 4.69) is 17.4 Å². The van der Waals surface area contributed by atoms with Gasteiger partial charge in [0.05, 0.1) is 13.7 Å². The van der Waals surface area contributed by atoms with Crippen LogP contribution in [0.3, 0.4) is 0 Å². The molecule has 1 aromatic carbocycles. The molecule has 1 aromatic rings. The Hall–Kier alpha value is -1.26. The van der Waals surface area contributed by atoms with E-state index in [0.717, 1.165) is 50.5 Å². The summed E-state index contributed by atoms with van der Waals surface area (Å²) in [4.78, 5) is 0. The van der Waals surface area contributed by atoms with Crippen molar-refractivity contribution in [2.75, 3.05) is 33.4 Å². The van der Waals surface area contributed by atoms with Gasteiger partial charge in [0.25, 0.3) is 0 Å². The van der Waals surface area contributed by atoms with Crippen molar-refractivity contribution in [1.82, 2.24) is 5.32 Å². The molecule has 2 unspecified atom stereocenters. The number of ether oxygens (including phenoxy) is 3. The first-order chi connectivity index (χ1) is 9.88. The Morgan fingerprint density at radius 2 is 2.25 bits per heavy atom. The van der Waals surface area contributed by atoms with Gasteiger partial charge in [0.2, 0.25) is 0 Å². The fraction of sp³-hybridized carbons (Fsp3) is 0.625. The Morgan fingerprint density at radius 1 is 1.30 bits per heavy atom. The zero-order valence-corrected chi connectivity index (χ0v) is 12.1. The first kappa shape index (κ1) is 13.7. The Bertz CT molecular complexity index is 437. The van der Waals surface area contributed by atoms with Crippen molar-refractivity contribution in [2.24, 2.45) is 0 Å². The Balaban J connectivity index is 1.80. The molecule has 0 amide bonds. The number of nitrogens with one attached hydrogen (secondary N) is 1. The lowest BCUT2D eigenvalue weighted by atomic mass is 9.97. The van der Waals surface area contributed by atoms with Crippen molar-refractivity contribution in [3.8, 4) is 11.5 Å². The molecule has 2 saturated heterocycles. The van der Waals surface area contributed by atoms with Gasteiger partial charge in [-0.05, 0) is 31.9 Å². The van der Waals surface area contributed by atoms with Gasteiger partial charge in [-0.25, -0.2) is 0 Å². The zero-order chi connectivity index (χ0) is 13.8. The van der Waals surface area contributed by atoms with E-state index in [1.165, 1.54) is 5.56 Å². The van der Waals surface area contributed by atoms with Crippen LogP contribution in [0.15, 0.2) is 18.2 Å². The van der Waals surface area contributed by atoms with Crippen LogP contribution in [0.4, 0.5) is 0 Å². The van der Waals surface area contributed by atoms with Crippen LogP contribution < -0.4 is 14.8 Å². The molecular formula is C16H23NO3. The van der Waals surface area contributed by atoms with Crippen molar-refractivity contribution in [3.63, 3.8) is 0 Å². The lowest BCUT2D eigenvalue weighted by Crippen LogP contribution is -2.28. The van der Waals surface area contributed by atoms with Crippen LogP contribution in [0.25, 0.3) is 0 Å². The SMILES string of the molecule is COc1c(OC2CCCOC2)cccc1C1CCNC1. The molecule has 2 atom stereocenters. The smallest absolute Gasteiger partial charge is 0.164 e. The van der Waals surface area contributed by atoms with Crippen molar-refractivity contribution < 1.29 is 14.2 Å². The van der Waals surface area contributed by atoms with Crippen LogP contribution in [-0.2, 0) is 4.74 Å². The highest BCUT2D eigenvalue weighted by Gasteiger charge is 2.24.